The van der Waals surface area contributed by atoms with Crippen molar-refractivity contribution < 1.29 is 4.79 Å². The summed E-state index contributed by atoms with van der Waals surface area (Å²) in [5, 5.41) is 0. The molecule has 1 aromatic rings. The maximum Gasteiger partial charge on any atom is 0.239 e. The van der Waals surface area contributed by atoms with Crippen LogP contribution in [0.1, 0.15) is 30.9 Å². The Bertz CT molecular complexity index is 541. The van der Waals surface area contributed by atoms with Gasteiger partial charge in [0.1, 0.15) is 0 Å². The first-order valence-electron chi connectivity index (χ1n) is 6.92. The van der Waals surface area contributed by atoms with Crippen LogP contribution in [-0.4, -0.2) is 17.9 Å². The molecule has 2 rings (SSSR count). The Morgan fingerprint density at radius 2 is 1.80 bits per heavy atom. The van der Waals surface area contributed by atoms with Gasteiger partial charge in [-0.2, -0.15) is 0 Å². The second kappa shape index (κ2) is 5.17. The molecule has 0 radical (unpaired) electrons. The minimum absolute atomic E-state index is 0.0214. The van der Waals surface area contributed by atoms with Crippen LogP contribution in [0.15, 0.2) is 18.2 Å². The normalized spacial score (nSPS) is 24.9. The van der Waals surface area contributed by atoms with Crippen LogP contribution in [-0.2, 0) is 4.79 Å². The molecule has 0 aliphatic heterocycles. The van der Waals surface area contributed by atoms with E-state index in [2.05, 4.69) is 13.0 Å². The summed E-state index contributed by atoms with van der Waals surface area (Å²) >= 11 is 5.16. The number of anilines is 1. The summed E-state index contributed by atoms with van der Waals surface area (Å²) < 4.78 is 0. The van der Waals surface area contributed by atoms with Gasteiger partial charge in [-0.15, -0.1) is 0 Å². The molecule has 108 valence electrons. The first-order chi connectivity index (χ1) is 9.26. The molecule has 1 aromatic carbocycles. The van der Waals surface area contributed by atoms with E-state index in [0.29, 0.717) is 10.9 Å². The molecule has 0 aromatic heterocycles. The Hall–Kier alpha value is -1.42. The van der Waals surface area contributed by atoms with Gasteiger partial charge in [-0.3, -0.25) is 4.79 Å². The van der Waals surface area contributed by atoms with Crippen molar-refractivity contribution in [1.29, 1.82) is 0 Å². The fourth-order valence-corrected chi connectivity index (χ4v) is 3.45. The maximum atomic E-state index is 12.8. The molecular weight excluding hydrogens is 268 g/mol. The minimum atomic E-state index is -0.638. The standard InChI is InChI=1S/C16H22N2OS/c1-10-5-11(2)7-13(6-10)18(4)15(19)16(14(17)20)8-12(3)9-16/h5-7,12H,8-9H2,1-4H3,(H2,17,20). The number of hydrogen-bond acceptors (Lipinski definition) is 2. The van der Waals surface area contributed by atoms with E-state index < -0.39 is 5.41 Å². The highest BCUT2D eigenvalue weighted by atomic mass is 32.1. The van der Waals surface area contributed by atoms with Gasteiger partial charge in [0.05, 0.1) is 10.4 Å². The Labute approximate surface area is 126 Å². The van der Waals surface area contributed by atoms with E-state index in [1.165, 1.54) is 0 Å². The van der Waals surface area contributed by atoms with E-state index in [9.17, 15) is 4.79 Å². The highest BCUT2D eigenvalue weighted by Gasteiger charge is 2.52. The molecule has 1 aliphatic rings. The monoisotopic (exact) mass is 290 g/mol. The Balaban J connectivity index is 2.30. The van der Waals surface area contributed by atoms with Crippen LogP contribution in [0.3, 0.4) is 0 Å². The van der Waals surface area contributed by atoms with E-state index in [4.69, 9.17) is 18.0 Å². The van der Waals surface area contributed by atoms with Crippen molar-refractivity contribution in [3.8, 4) is 0 Å². The summed E-state index contributed by atoms with van der Waals surface area (Å²) in [7, 11) is 1.81. The predicted molar refractivity (Wildman–Crippen MR) is 86.9 cm³/mol. The number of hydrogen-bond donors (Lipinski definition) is 1. The van der Waals surface area contributed by atoms with Crippen LogP contribution in [0.2, 0.25) is 0 Å². The molecule has 1 fully saturated rings. The van der Waals surface area contributed by atoms with Crippen molar-refractivity contribution in [2.24, 2.45) is 17.1 Å². The van der Waals surface area contributed by atoms with Crippen molar-refractivity contribution in [2.45, 2.75) is 33.6 Å². The SMILES string of the molecule is Cc1cc(C)cc(N(C)C(=O)C2(C(N)=S)CC(C)C2)c1. The zero-order valence-corrected chi connectivity index (χ0v) is 13.4. The van der Waals surface area contributed by atoms with Crippen LogP contribution < -0.4 is 10.6 Å². The summed E-state index contributed by atoms with van der Waals surface area (Å²) in [4.78, 5) is 14.8. The van der Waals surface area contributed by atoms with Gasteiger partial charge < -0.3 is 10.6 Å². The molecule has 20 heavy (non-hydrogen) atoms. The average molecular weight is 290 g/mol. The van der Waals surface area contributed by atoms with Gasteiger partial charge in [-0.05, 0) is 55.9 Å². The molecule has 1 aliphatic carbocycles. The lowest BCUT2D eigenvalue weighted by Crippen LogP contribution is -2.56. The van der Waals surface area contributed by atoms with Crippen LogP contribution in [0, 0.1) is 25.2 Å². The third-order valence-electron chi connectivity index (χ3n) is 4.17. The Morgan fingerprint density at radius 1 is 1.30 bits per heavy atom. The number of carbonyl (C=O) groups excluding carboxylic acids is 1. The highest BCUT2D eigenvalue weighted by molar-refractivity contribution is 7.80. The van der Waals surface area contributed by atoms with Crippen molar-refractivity contribution in [3.05, 3.63) is 29.3 Å². The van der Waals surface area contributed by atoms with Crippen LogP contribution in [0.5, 0.6) is 0 Å². The smallest absolute Gasteiger partial charge is 0.239 e. The van der Waals surface area contributed by atoms with Gasteiger partial charge in [0.15, 0.2) is 0 Å². The second-order valence-electron chi connectivity index (χ2n) is 6.17. The summed E-state index contributed by atoms with van der Waals surface area (Å²) in [6.07, 6.45) is 1.52. The molecule has 0 unspecified atom stereocenters. The lowest BCUT2D eigenvalue weighted by Gasteiger charge is -2.46. The van der Waals surface area contributed by atoms with Crippen LogP contribution in [0.4, 0.5) is 5.69 Å². The summed E-state index contributed by atoms with van der Waals surface area (Å²) in [6, 6.07) is 6.12. The van der Waals surface area contributed by atoms with Gasteiger partial charge in [0.2, 0.25) is 5.91 Å². The van der Waals surface area contributed by atoms with E-state index in [1.807, 2.05) is 26.0 Å². The number of benzene rings is 1. The molecule has 0 atom stereocenters. The largest absolute Gasteiger partial charge is 0.392 e. The molecular formula is C16H22N2OS. The van der Waals surface area contributed by atoms with E-state index >= 15 is 0 Å². The van der Waals surface area contributed by atoms with Gasteiger partial charge >= 0.3 is 0 Å². The number of nitrogens with two attached hydrogens (primary N) is 1. The van der Waals surface area contributed by atoms with Crippen LogP contribution in [0.25, 0.3) is 0 Å². The third kappa shape index (κ3) is 2.44. The van der Waals surface area contributed by atoms with E-state index in [1.54, 1.807) is 11.9 Å². The van der Waals surface area contributed by atoms with E-state index in [0.717, 1.165) is 29.7 Å². The molecule has 0 bridgehead atoms. The van der Waals surface area contributed by atoms with Gasteiger partial charge in [0.25, 0.3) is 0 Å². The Kier molecular flexibility index (Phi) is 3.87. The van der Waals surface area contributed by atoms with Crippen LogP contribution >= 0.6 is 12.2 Å². The van der Waals surface area contributed by atoms with E-state index in [-0.39, 0.29) is 5.91 Å². The molecule has 1 amide bonds. The highest BCUT2D eigenvalue weighted by Crippen LogP contribution is 2.47. The number of aryl methyl sites for hydroxylation is 2. The number of rotatable bonds is 3. The first kappa shape index (κ1) is 15.0. The zero-order valence-electron chi connectivity index (χ0n) is 12.6. The van der Waals surface area contributed by atoms with Gasteiger partial charge in [-0.25, -0.2) is 0 Å². The number of thiocarbonyl (C=S) groups is 1. The number of nitrogens with zero attached hydrogens (tertiary/aromatic N) is 1. The molecule has 1 saturated carbocycles. The number of carbonyl (C=O) groups is 1. The molecule has 0 spiro atoms. The van der Waals surface area contributed by atoms with Crippen molar-refractivity contribution in [3.63, 3.8) is 0 Å². The second-order valence-corrected chi connectivity index (χ2v) is 6.61. The lowest BCUT2D eigenvalue weighted by molar-refractivity contribution is -0.129. The molecule has 2 N–H and O–H groups in total. The van der Waals surface area contributed by atoms with Crippen molar-refractivity contribution in [2.75, 3.05) is 11.9 Å². The molecule has 4 heteroatoms. The average Bonchev–Trinajstić information content (AvgIpc) is 2.31. The lowest BCUT2D eigenvalue weighted by atomic mass is 9.61. The summed E-state index contributed by atoms with van der Waals surface area (Å²) in [5.41, 5.74) is 8.41. The topological polar surface area (TPSA) is 46.3 Å². The third-order valence-corrected chi connectivity index (χ3v) is 4.56. The molecule has 3 nitrogen and oxygen atoms in total. The molecule has 0 saturated heterocycles. The fraction of sp³-hybridized carbons (Fsp3) is 0.500. The zero-order chi connectivity index (χ0) is 15.1. The summed E-state index contributed by atoms with van der Waals surface area (Å²) in [5.74, 6) is 0.529. The van der Waals surface area contributed by atoms with Crippen molar-refractivity contribution in [1.82, 2.24) is 0 Å². The Morgan fingerprint density at radius 3 is 2.20 bits per heavy atom. The fourth-order valence-electron chi connectivity index (χ4n) is 3.19. The minimum Gasteiger partial charge on any atom is -0.392 e. The van der Waals surface area contributed by atoms with Gasteiger partial charge in [-0.1, -0.05) is 25.2 Å². The predicted octanol–water partition coefficient (Wildman–Crippen LogP) is 2.97. The number of amides is 1. The molecule has 0 heterocycles. The first-order valence-corrected chi connectivity index (χ1v) is 7.33. The maximum absolute atomic E-state index is 12.8. The van der Waals surface area contributed by atoms with Gasteiger partial charge in [0, 0.05) is 12.7 Å². The summed E-state index contributed by atoms with van der Waals surface area (Å²) in [6.45, 7) is 6.19. The quantitative estimate of drug-likeness (QED) is 0.871. The van der Waals surface area contributed by atoms with Crippen molar-refractivity contribution >= 4 is 28.8 Å².